The summed E-state index contributed by atoms with van der Waals surface area (Å²) < 4.78 is 51.3. The van der Waals surface area contributed by atoms with Gasteiger partial charge in [-0.05, 0) is 42.6 Å². The fourth-order valence-corrected chi connectivity index (χ4v) is 6.64. The SMILES string of the molecule is CCC(=O)N[C@@H](C(=O)N1CCN(C)CC1)[C@@H](C)c1ccc(NC(=O)C(NC(=O)C(F)(F)c2ccc(OC)nc2)[C@@H](C)C2CCCCC2)c(F)c1. The van der Waals surface area contributed by atoms with Crippen LogP contribution in [0.4, 0.5) is 18.9 Å². The molecule has 1 saturated carbocycles. The Kier molecular flexibility index (Phi) is 13.2. The van der Waals surface area contributed by atoms with Crippen LogP contribution in [-0.2, 0) is 25.1 Å². The number of halogens is 3. The van der Waals surface area contributed by atoms with Crippen LogP contribution in [0.25, 0.3) is 0 Å². The molecule has 0 radical (unpaired) electrons. The third kappa shape index (κ3) is 9.32. The van der Waals surface area contributed by atoms with E-state index >= 15 is 13.2 Å². The number of alkyl halides is 2. The summed E-state index contributed by atoms with van der Waals surface area (Å²) >= 11 is 0. The second-order valence-corrected chi connectivity index (χ2v) is 13.4. The summed E-state index contributed by atoms with van der Waals surface area (Å²) in [6.07, 6.45) is 5.39. The molecule has 2 aromatic rings. The van der Waals surface area contributed by atoms with E-state index in [-0.39, 0.29) is 35.7 Å². The van der Waals surface area contributed by atoms with Crippen LogP contribution in [0.15, 0.2) is 36.5 Å². The molecular formula is C36H49F3N6O5. The van der Waals surface area contributed by atoms with E-state index in [0.29, 0.717) is 31.7 Å². The molecule has 1 aromatic heterocycles. The topological polar surface area (TPSA) is 133 Å². The first-order valence-electron chi connectivity index (χ1n) is 17.3. The van der Waals surface area contributed by atoms with Gasteiger partial charge in [-0.1, -0.05) is 58.9 Å². The molecule has 0 spiro atoms. The van der Waals surface area contributed by atoms with Gasteiger partial charge in [-0.15, -0.1) is 0 Å². The molecule has 1 aliphatic heterocycles. The van der Waals surface area contributed by atoms with Crippen LogP contribution < -0.4 is 20.7 Å². The number of pyridine rings is 1. The Hall–Kier alpha value is -4.20. The molecule has 14 heteroatoms. The maximum atomic E-state index is 15.7. The van der Waals surface area contributed by atoms with Crippen molar-refractivity contribution in [2.45, 2.75) is 83.2 Å². The number of amides is 4. The zero-order valence-electron chi connectivity index (χ0n) is 29.4. The lowest BCUT2D eigenvalue weighted by Crippen LogP contribution is -2.55. The summed E-state index contributed by atoms with van der Waals surface area (Å²) in [6, 6.07) is 3.97. The van der Waals surface area contributed by atoms with Crippen LogP contribution in [0.2, 0.25) is 0 Å². The van der Waals surface area contributed by atoms with Crippen molar-refractivity contribution in [1.82, 2.24) is 25.4 Å². The molecule has 2 fully saturated rings. The Morgan fingerprint density at radius 2 is 1.66 bits per heavy atom. The lowest BCUT2D eigenvalue weighted by Gasteiger charge is -2.36. The van der Waals surface area contributed by atoms with E-state index in [4.69, 9.17) is 4.74 Å². The normalized spacial score (nSPS) is 18.4. The van der Waals surface area contributed by atoms with Crippen molar-refractivity contribution < 1.29 is 37.1 Å². The Balaban J connectivity index is 1.55. The van der Waals surface area contributed by atoms with E-state index in [2.05, 4.69) is 25.8 Å². The molecule has 3 N–H and O–H groups in total. The number of nitrogens with zero attached hydrogens (tertiary/aromatic N) is 3. The molecular weight excluding hydrogens is 653 g/mol. The molecule has 50 heavy (non-hydrogen) atoms. The van der Waals surface area contributed by atoms with Crippen molar-refractivity contribution in [2.24, 2.45) is 11.8 Å². The standard InChI is InChI=1S/C36H49F3N6O5/c1-6-29(46)42-32(34(48)45-18-16-44(4)17-19-45)23(3)25-12-14-28(27(37)20-25)41-33(47)31(22(2)24-10-8-7-9-11-24)43-35(49)36(38,39)26-13-15-30(50-5)40-21-26/h12-15,20-24,31-32H,6-11,16-19H2,1-5H3,(H,41,47)(H,42,46)(H,43,49)/t22-,23-,31?,32+/m0/s1. The lowest BCUT2D eigenvalue weighted by molar-refractivity contribution is -0.149. The number of carbonyl (C=O) groups excluding carboxylic acids is 4. The number of benzene rings is 1. The smallest absolute Gasteiger partial charge is 0.351 e. The highest BCUT2D eigenvalue weighted by atomic mass is 19.3. The van der Waals surface area contributed by atoms with E-state index in [1.807, 2.05) is 7.05 Å². The number of methoxy groups -OCH3 is 1. The van der Waals surface area contributed by atoms with Crippen molar-refractivity contribution in [3.05, 3.63) is 53.5 Å². The average Bonchev–Trinajstić information content (AvgIpc) is 3.13. The van der Waals surface area contributed by atoms with Crippen LogP contribution in [0.5, 0.6) is 5.88 Å². The third-order valence-electron chi connectivity index (χ3n) is 10.1. The monoisotopic (exact) mass is 702 g/mol. The predicted molar refractivity (Wildman–Crippen MR) is 182 cm³/mol. The number of aromatic nitrogens is 1. The van der Waals surface area contributed by atoms with Crippen molar-refractivity contribution in [2.75, 3.05) is 45.7 Å². The number of likely N-dealkylation sites (N-methyl/N-ethyl adjacent to an activating group) is 1. The molecule has 1 saturated heterocycles. The van der Waals surface area contributed by atoms with Gasteiger partial charge in [0.1, 0.15) is 17.9 Å². The molecule has 2 heterocycles. The van der Waals surface area contributed by atoms with Crippen LogP contribution in [-0.4, -0.2) is 90.8 Å². The van der Waals surface area contributed by atoms with Gasteiger partial charge in [0.05, 0.1) is 12.8 Å². The fraction of sp³-hybridized carbons (Fsp3) is 0.583. The van der Waals surface area contributed by atoms with E-state index in [0.717, 1.165) is 44.4 Å². The molecule has 274 valence electrons. The number of rotatable bonds is 13. The molecule has 4 atom stereocenters. The largest absolute Gasteiger partial charge is 0.481 e. The molecule has 1 aliphatic carbocycles. The number of hydrogen-bond acceptors (Lipinski definition) is 7. The second-order valence-electron chi connectivity index (χ2n) is 13.4. The van der Waals surface area contributed by atoms with Gasteiger partial charge in [0.15, 0.2) is 0 Å². The van der Waals surface area contributed by atoms with Gasteiger partial charge < -0.3 is 30.5 Å². The highest BCUT2D eigenvalue weighted by Gasteiger charge is 2.45. The maximum absolute atomic E-state index is 15.7. The number of nitrogens with one attached hydrogen (secondary N) is 3. The van der Waals surface area contributed by atoms with Crippen molar-refractivity contribution in [3.63, 3.8) is 0 Å². The Bertz CT molecular complexity index is 1500. The number of piperazine rings is 1. The molecule has 1 unspecified atom stereocenters. The molecule has 2 aliphatic rings. The number of carbonyl (C=O) groups is 4. The molecule has 11 nitrogen and oxygen atoms in total. The summed E-state index contributed by atoms with van der Waals surface area (Å²) in [4.78, 5) is 60.4. The Morgan fingerprint density at radius 3 is 2.24 bits per heavy atom. The Morgan fingerprint density at radius 1 is 0.980 bits per heavy atom. The molecule has 4 amide bonds. The number of anilines is 1. The van der Waals surface area contributed by atoms with E-state index < -0.39 is 53.0 Å². The summed E-state index contributed by atoms with van der Waals surface area (Å²) in [5.74, 6) is -9.00. The zero-order valence-corrected chi connectivity index (χ0v) is 29.4. The van der Waals surface area contributed by atoms with Crippen LogP contribution >= 0.6 is 0 Å². The Labute approximate surface area is 291 Å². The van der Waals surface area contributed by atoms with Gasteiger partial charge in [0, 0.05) is 56.3 Å². The van der Waals surface area contributed by atoms with E-state index in [1.54, 1.807) is 31.7 Å². The summed E-state index contributed by atoms with van der Waals surface area (Å²) in [5, 5.41) is 7.57. The predicted octanol–water partition coefficient (Wildman–Crippen LogP) is 4.43. The van der Waals surface area contributed by atoms with E-state index in [1.165, 1.54) is 25.3 Å². The third-order valence-corrected chi connectivity index (χ3v) is 10.1. The van der Waals surface area contributed by atoms with Crippen LogP contribution in [0, 0.1) is 17.7 Å². The highest BCUT2D eigenvalue weighted by Crippen LogP contribution is 2.34. The van der Waals surface area contributed by atoms with Gasteiger partial charge in [-0.2, -0.15) is 8.78 Å². The van der Waals surface area contributed by atoms with Crippen molar-refractivity contribution >= 4 is 29.3 Å². The number of hydrogen-bond donors (Lipinski definition) is 3. The zero-order chi connectivity index (χ0) is 36.6. The lowest BCUT2D eigenvalue weighted by atomic mass is 9.77. The van der Waals surface area contributed by atoms with Crippen LogP contribution in [0.1, 0.15) is 76.3 Å². The molecule has 0 bridgehead atoms. The molecule has 1 aromatic carbocycles. The maximum Gasteiger partial charge on any atom is 0.351 e. The van der Waals surface area contributed by atoms with Gasteiger partial charge in [0.2, 0.25) is 23.6 Å². The van der Waals surface area contributed by atoms with Gasteiger partial charge in [-0.25, -0.2) is 9.37 Å². The average molecular weight is 703 g/mol. The van der Waals surface area contributed by atoms with Crippen molar-refractivity contribution in [3.8, 4) is 5.88 Å². The summed E-state index contributed by atoms with van der Waals surface area (Å²) in [6.45, 7) is 7.51. The fourth-order valence-electron chi connectivity index (χ4n) is 6.64. The van der Waals surface area contributed by atoms with E-state index in [9.17, 15) is 19.2 Å². The first-order chi connectivity index (χ1) is 23.8. The number of ether oxygens (including phenoxy) is 1. The second kappa shape index (κ2) is 17.1. The van der Waals surface area contributed by atoms with Crippen molar-refractivity contribution in [1.29, 1.82) is 0 Å². The quantitative estimate of drug-likeness (QED) is 0.281. The van der Waals surface area contributed by atoms with Crippen LogP contribution in [0.3, 0.4) is 0 Å². The van der Waals surface area contributed by atoms with Gasteiger partial charge >= 0.3 is 5.92 Å². The molecule has 4 rings (SSSR count). The van der Waals surface area contributed by atoms with Gasteiger partial charge in [0.25, 0.3) is 5.91 Å². The highest BCUT2D eigenvalue weighted by molar-refractivity contribution is 5.98. The minimum absolute atomic E-state index is 0.0164. The minimum atomic E-state index is -4.02. The summed E-state index contributed by atoms with van der Waals surface area (Å²) in [7, 11) is 3.30. The first-order valence-corrected chi connectivity index (χ1v) is 17.3. The summed E-state index contributed by atoms with van der Waals surface area (Å²) in [5.41, 5.74) is -0.472. The minimum Gasteiger partial charge on any atom is -0.481 e. The first kappa shape index (κ1) is 38.6. The van der Waals surface area contributed by atoms with Gasteiger partial charge in [-0.3, -0.25) is 19.2 Å².